The van der Waals surface area contributed by atoms with Crippen LogP contribution in [-0.2, 0) is 19.1 Å². The summed E-state index contributed by atoms with van der Waals surface area (Å²) < 4.78 is 15.4. The lowest BCUT2D eigenvalue weighted by Gasteiger charge is -2.11. The van der Waals surface area contributed by atoms with E-state index in [0.29, 0.717) is 11.5 Å². The standard InChI is InChI=1S/C22H22N2O6/c1-14-4-3-5-15(2)22(14)24-19(25)11-23-20(26)12-28-21(27)9-7-16-6-8-17-18(10-16)30-13-29-17/h3-10H,11-13H2,1-2H3,(H,23,26)(H,24,25)/b9-7+. The van der Waals surface area contributed by atoms with Gasteiger partial charge in [-0.25, -0.2) is 4.79 Å². The van der Waals surface area contributed by atoms with E-state index in [4.69, 9.17) is 14.2 Å². The number of amides is 2. The molecule has 0 bridgehead atoms. The first kappa shape index (κ1) is 20.9. The van der Waals surface area contributed by atoms with Crippen molar-refractivity contribution in [2.45, 2.75) is 13.8 Å². The number of nitrogens with one attached hydrogen (secondary N) is 2. The van der Waals surface area contributed by atoms with Gasteiger partial charge in [0.05, 0.1) is 6.54 Å². The summed E-state index contributed by atoms with van der Waals surface area (Å²) in [7, 11) is 0. The number of carbonyl (C=O) groups is 3. The maximum absolute atomic E-state index is 12.0. The topological polar surface area (TPSA) is 103 Å². The summed E-state index contributed by atoms with van der Waals surface area (Å²) in [6, 6.07) is 10.9. The van der Waals surface area contributed by atoms with E-state index >= 15 is 0 Å². The van der Waals surface area contributed by atoms with E-state index in [1.54, 1.807) is 24.3 Å². The zero-order valence-corrected chi connectivity index (χ0v) is 16.7. The van der Waals surface area contributed by atoms with Crippen LogP contribution in [0.4, 0.5) is 5.69 Å². The van der Waals surface area contributed by atoms with Crippen molar-refractivity contribution in [3.05, 3.63) is 59.2 Å². The zero-order valence-electron chi connectivity index (χ0n) is 16.7. The average molecular weight is 410 g/mol. The summed E-state index contributed by atoms with van der Waals surface area (Å²) in [5, 5.41) is 5.18. The fourth-order valence-electron chi connectivity index (χ4n) is 2.79. The van der Waals surface area contributed by atoms with E-state index < -0.39 is 18.5 Å². The van der Waals surface area contributed by atoms with Crippen LogP contribution in [0.15, 0.2) is 42.5 Å². The van der Waals surface area contributed by atoms with Gasteiger partial charge in [-0.1, -0.05) is 24.3 Å². The SMILES string of the molecule is Cc1cccc(C)c1NC(=O)CNC(=O)COC(=O)/C=C/c1ccc2c(c1)OCO2. The average Bonchev–Trinajstić information content (AvgIpc) is 3.20. The van der Waals surface area contributed by atoms with Crippen molar-refractivity contribution in [2.75, 3.05) is 25.3 Å². The van der Waals surface area contributed by atoms with Gasteiger partial charge in [-0.05, 0) is 48.7 Å². The van der Waals surface area contributed by atoms with Gasteiger partial charge in [0.15, 0.2) is 18.1 Å². The second-order valence-electron chi connectivity index (χ2n) is 6.65. The first-order valence-corrected chi connectivity index (χ1v) is 9.29. The lowest BCUT2D eigenvalue weighted by Crippen LogP contribution is -2.35. The Kier molecular flexibility index (Phi) is 6.69. The van der Waals surface area contributed by atoms with Gasteiger partial charge in [-0.15, -0.1) is 0 Å². The van der Waals surface area contributed by atoms with Crippen LogP contribution in [0.25, 0.3) is 6.08 Å². The molecule has 0 aromatic heterocycles. The number of fused-ring (bicyclic) bond motifs is 1. The molecule has 0 unspecified atom stereocenters. The molecule has 30 heavy (non-hydrogen) atoms. The van der Waals surface area contributed by atoms with Crippen molar-refractivity contribution in [2.24, 2.45) is 0 Å². The molecule has 1 aliphatic rings. The Labute approximate surface area is 173 Å². The van der Waals surface area contributed by atoms with E-state index in [1.807, 2.05) is 32.0 Å². The van der Waals surface area contributed by atoms with Crippen molar-refractivity contribution >= 4 is 29.5 Å². The Balaban J connectivity index is 1.40. The molecule has 156 valence electrons. The Morgan fingerprint density at radius 3 is 2.53 bits per heavy atom. The van der Waals surface area contributed by atoms with Gasteiger partial charge in [-0.2, -0.15) is 0 Å². The Hall–Kier alpha value is -3.81. The second kappa shape index (κ2) is 9.60. The summed E-state index contributed by atoms with van der Waals surface area (Å²) in [5.41, 5.74) is 3.30. The molecule has 0 fully saturated rings. The summed E-state index contributed by atoms with van der Waals surface area (Å²) in [4.78, 5) is 35.6. The molecular formula is C22H22N2O6. The van der Waals surface area contributed by atoms with E-state index in [1.165, 1.54) is 6.08 Å². The number of hydrogen-bond acceptors (Lipinski definition) is 6. The van der Waals surface area contributed by atoms with E-state index in [2.05, 4.69) is 10.6 Å². The van der Waals surface area contributed by atoms with Crippen molar-refractivity contribution in [3.63, 3.8) is 0 Å². The molecule has 0 spiro atoms. The summed E-state index contributed by atoms with van der Waals surface area (Å²) in [6.45, 7) is 3.23. The third-order valence-corrected chi connectivity index (χ3v) is 4.35. The number of hydrogen-bond donors (Lipinski definition) is 2. The Morgan fingerprint density at radius 1 is 1.03 bits per heavy atom. The predicted molar refractivity (Wildman–Crippen MR) is 110 cm³/mol. The number of esters is 1. The molecule has 2 N–H and O–H groups in total. The van der Waals surface area contributed by atoms with E-state index in [9.17, 15) is 14.4 Å². The molecule has 0 aliphatic carbocycles. The maximum atomic E-state index is 12.0. The highest BCUT2D eigenvalue weighted by molar-refractivity contribution is 5.96. The highest BCUT2D eigenvalue weighted by atomic mass is 16.7. The fourth-order valence-corrected chi connectivity index (χ4v) is 2.79. The molecule has 2 amide bonds. The molecule has 2 aromatic carbocycles. The normalized spacial score (nSPS) is 11.9. The first-order valence-electron chi connectivity index (χ1n) is 9.29. The minimum atomic E-state index is -0.678. The van der Waals surface area contributed by atoms with Crippen LogP contribution < -0.4 is 20.1 Å². The molecule has 8 heteroatoms. The van der Waals surface area contributed by atoms with Crippen molar-refractivity contribution in [1.82, 2.24) is 5.32 Å². The molecule has 0 atom stereocenters. The molecule has 1 aliphatic heterocycles. The van der Waals surface area contributed by atoms with Crippen molar-refractivity contribution in [1.29, 1.82) is 0 Å². The molecule has 8 nitrogen and oxygen atoms in total. The highest BCUT2D eigenvalue weighted by Gasteiger charge is 2.13. The van der Waals surface area contributed by atoms with E-state index in [-0.39, 0.29) is 19.2 Å². The first-order chi connectivity index (χ1) is 14.4. The van der Waals surface area contributed by atoms with Crippen LogP contribution >= 0.6 is 0 Å². The molecule has 0 saturated carbocycles. The van der Waals surface area contributed by atoms with Crippen LogP contribution in [0.2, 0.25) is 0 Å². The van der Waals surface area contributed by atoms with Crippen molar-refractivity contribution in [3.8, 4) is 11.5 Å². The third-order valence-electron chi connectivity index (χ3n) is 4.35. The van der Waals surface area contributed by atoms with Gasteiger partial charge in [0.25, 0.3) is 5.91 Å². The molecule has 0 radical (unpaired) electrons. The Morgan fingerprint density at radius 2 is 1.77 bits per heavy atom. The van der Waals surface area contributed by atoms with Crippen LogP contribution in [0.5, 0.6) is 11.5 Å². The minimum absolute atomic E-state index is 0.169. The van der Waals surface area contributed by atoms with Crippen LogP contribution in [-0.4, -0.2) is 37.7 Å². The minimum Gasteiger partial charge on any atom is -0.454 e. The van der Waals surface area contributed by atoms with E-state index in [0.717, 1.165) is 22.4 Å². The lowest BCUT2D eigenvalue weighted by molar-refractivity contribution is -0.143. The van der Waals surface area contributed by atoms with Crippen LogP contribution in [0.1, 0.15) is 16.7 Å². The number of carbonyl (C=O) groups excluding carboxylic acids is 3. The number of ether oxygens (including phenoxy) is 3. The summed E-state index contributed by atoms with van der Waals surface area (Å²) in [6.07, 6.45) is 2.75. The number of rotatable bonds is 7. The molecular weight excluding hydrogens is 388 g/mol. The quantitative estimate of drug-likeness (QED) is 0.537. The summed E-state index contributed by atoms with van der Waals surface area (Å²) >= 11 is 0. The van der Waals surface area contributed by atoms with Gasteiger partial charge in [0.2, 0.25) is 12.7 Å². The largest absolute Gasteiger partial charge is 0.454 e. The Bertz CT molecular complexity index is 979. The third kappa shape index (κ3) is 5.60. The van der Waals surface area contributed by atoms with Gasteiger partial charge in [-0.3, -0.25) is 9.59 Å². The van der Waals surface area contributed by atoms with Gasteiger partial charge in [0.1, 0.15) is 0 Å². The fraction of sp³-hybridized carbons (Fsp3) is 0.227. The number of aryl methyl sites for hydroxylation is 2. The second-order valence-corrected chi connectivity index (χ2v) is 6.65. The number of anilines is 1. The predicted octanol–water partition coefficient (Wildman–Crippen LogP) is 2.34. The van der Waals surface area contributed by atoms with Gasteiger partial charge >= 0.3 is 5.97 Å². The van der Waals surface area contributed by atoms with Gasteiger partial charge < -0.3 is 24.8 Å². The molecule has 2 aromatic rings. The highest BCUT2D eigenvalue weighted by Crippen LogP contribution is 2.32. The van der Waals surface area contributed by atoms with Crippen LogP contribution in [0.3, 0.4) is 0 Å². The monoisotopic (exact) mass is 410 g/mol. The smallest absolute Gasteiger partial charge is 0.331 e. The molecule has 1 heterocycles. The van der Waals surface area contributed by atoms with Gasteiger partial charge in [0, 0.05) is 11.8 Å². The van der Waals surface area contributed by atoms with Crippen molar-refractivity contribution < 1.29 is 28.6 Å². The molecule has 0 saturated heterocycles. The zero-order chi connectivity index (χ0) is 21.5. The number of benzene rings is 2. The molecule has 3 rings (SSSR count). The summed E-state index contributed by atoms with van der Waals surface area (Å²) in [5.74, 6) is -0.369. The lowest BCUT2D eigenvalue weighted by atomic mass is 10.1. The number of para-hydroxylation sites is 1. The maximum Gasteiger partial charge on any atom is 0.331 e. The van der Waals surface area contributed by atoms with Crippen LogP contribution in [0, 0.1) is 13.8 Å².